The van der Waals surface area contributed by atoms with Crippen LogP contribution >= 0.6 is 11.3 Å². The highest BCUT2D eigenvalue weighted by Crippen LogP contribution is 2.42. The number of halogens is 2. The highest BCUT2D eigenvalue weighted by atomic mass is 32.1. The first-order valence-electron chi connectivity index (χ1n) is 20.9. The number of thiophene rings is 1. The van der Waals surface area contributed by atoms with Crippen LogP contribution in [-0.4, -0.2) is 89.9 Å². The number of hydrogen-bond acceptors (Lipinski definition) is 12. The molecule has 3 amide bonds. The highest BCUT2D eigenvalue weighted by molar-refractivity contribution is 7.20. The van der Waals surface area contributed by atoms with E-state index in [-0.39, 0.29) is 145 Å². The van der Waals surface area contributed by atoms with Gasteiger partial charge in [0, 0.05) is 72.4 Å². The molecule has 334 valence electrons. The number of rotatable bonds is 21. The number of hydrogen-bond donors (Lipinski definition) is 1. The normalized spacial score (nSPS) is 19.0. The molecule has 14 nitrogen and oxygen atoms in total. The van der Waals surface area contributed by atoms with Crippen LogP contribution < -0.4 is 18.9 Å². The molecule has 62 heavy (non-hydrogen) atoms. The number of benzene rings is 2. The minimum Gasteiger partial charge on any atom is -0.493 e. The number of methoxy groups -OCH3 is 2. The van der Waals surface area contributed by atoms with E-state index in [0.29, 0.717) is 35.9 Å². The smallest absolute Gasteiger partial charge is 0.306 e. The summed E-state index contributed by atoms with van der Waals surface area (Å²) < 4.78 is 59.8. The van der Waals surface area contributed by atoms with E-state index in [2.05, 4.69) is 6.58 Å². The zero-order valence-electron chi connectivity index (χ0n) is 35.1. The Hall–Kier alpha value is -5.58. The number of fused-ring (bicyclic) bond motifs is 2. The molecule has 2 unspecified atom stereocenters. The number of aliphatic carboxylic acids is 1. The lowest BCUT2D eigenvalue weighted by atomic mass is 9.88. The number of likely N-dealkylation sites (tertiary alicyclic amines) is 1. The van der Waals surface area contributed by atoms with Gasteiger partial charge in [0.15, 0.2) is 40.4 Å². The number of carboxylic acids is 1. The number of allylic oxidation sites excluding steroid dienone is 1. The van der Waals surface area contributed by atoms with Gasteiger partial charge in [0.2, 0.25) is 17.7 Å². The second kappa shape index (κ2) is 20.5. The van der Waals surface area contributed by atoms with Crippen molar-refractivity contribution in [1.29, 1.82) is 0 Å². The van der Waals surface area contributed by atoms with Gasteiger partial charge in [0.05, 0.1) is 45.2 Å². The van der Waals surface area contributed by atoms with Gasteiger partial charge in [-0.1, -0.05) is 13.0 Å². The predicted octanol–water partition coefficient (Wildman–Crippen LogP) is 7.55. The highest BCUT2D eigenvalue weighted by Gasteiger charge is 2.45. The second-order valence-electron chi connectivity index (χ2n) is 15.9. The molecule has 1 aliphatic carbocycles. The predicted molar refractivity (Wildman–Crippen MR) is 222 cm³/mol. The van der Waals surface area contributed by atoms with Crippen LogP contribution in [0.4, 0.5) is 8.78 Å². The van der Waals surface area contributed by atoms with E-state index in [0.717, 1.165) is 24.2 Å². The maximum absolute atomic E-state index is 15.9. The summed E-state index contributed by atoms with van der Waals surface area (Å²) in [7, 11) is 2.71. The third-order valence-corrected chi connectivity index (χ3v) is 12.9. The summed E-state index contributed by atoms with van der Waals surface area (Å²) >= 11 is 1.06. The quantitative estimate of drug-likeness (QED) is 0.0366. The number of ether oxygens (including phenoxy) is 5. The fourth-order valence-corrected chi connectivity index (χ4v) is 9.37. The van der Waals surface area contributed by atoms with E-state index in [1.54, 1.807) is 12.1 Å². The largest absolute Gasteiger partial charge is 0.493 e. The fraction of sp³-hybridized carbons (Fsp3) is 0.511. The lowest BCUT2D eigenvalue weighted by molar-refractivity contribution is -0.153. The van der Waals surface area contributed by atoms with Crippen molar-refractivity contribution in [1.82, 2.24) is 9.80 Å². The van der Waals surface area contributed by atoms with Gasteiger partial charge in [0.1, 0.15) is 6.10 Å². The molecule has 0 radical (unpaired) electrons. The zero-order valence-corrected chi connectivity index (χ0v) is 36.0. The number of nitrogens with zero attached hydrogens (tertiary/aromatic N) is 2. The van der Waals surface area contributed by atoms with Gasteiger partial charge < -0.3 is 33.7 Å². The lowest BCUT2D eigenvalue weighted by Gasteiger charge is -2.33. The summed E-state index contributed by atoms with van der Waals surface area (Å²) in [6.45, 7) is 5.71. The van der Waals surface area contributed by atoms with Crippen LogP contribution in [0.5, 0.6) is 23.0 Å². The van der Waals surface area contributed by atoms with Crippen LogP contribution in [-0.2, 0) is 41.8 Å². The summed E-state index contributed by atoms with van der Waals surface area (Å²) in [4.78, 5) is 78.4. The molecule has 1 saturated heterocycles. The number of ketones is 1. The molecule has 0 spiro atoms. The molecule has 0 bridgehead atoms. The maximum atomic E-state index is 15.9. The van der Waals surface area contributed by atoms with E-state index in [1.165, 1.54) is 30.1 Å². The number of carboxylic acid groups (broad SMARTS) is 1. The maximum Gasteiger partial charge on any atom is 0.306 e. The minimum atomic E-state index is -1.10. The minimum absolute atomic E-state index is 0.0400. The molecule has 17 heteroatoms. The molecule has 2 aromatic carbocycles. The molecule has 1 aromatic heterocycles. The van der Waals surface area contributed by atoms with Crippen molar-refractivity contribution >= 4 is 56.9 Å². The molecule has 3 aliphatic rings. The Labute approximate surface area is 362 Å². The molecule has 3 aromatic rings. The molecule has 2 atom stereocenters. The van der Waals surface area contributed by atoms with Crippen LogP contribution in [0.1, 0.15) is 105 Å². The molecular weight excluding hydrogens is 831 g/mol. The standard InChI is InChI=1S/C45H52F2N2O12S/c1-5-6-8-25(2)29-21-38(52)49(45(29)56)27-9-11-28(12-10-27)61-40(55)16-13-32(50)36-20-30-35(62-36)22-34(58-4)44(41(30)46)60-18-7-17-59-43-33(57-3)19-26-23-48(24-31(26)42(43)47)37(51)14-15-39(53)54/h5,19-20,22,25,27-29H,1,6-18,21,23-24H2,2-4H3,(H,53,54). The first-order chi connectivity index (χ1) is 29.7. The monoisotopic (exact) mass is 882 g/mol. The van der Waals surface area contributed by atoms with Gasteiger partial charge in [-0.3, -0.25) is 33.7 Å². The van der Waals surface area contributed by atoms with Gasteiger partial charge in [-0.25, -0.2) is 8.78 Å². The number of carbonyl (C=O) groups is 6. The summed E-state index contributed by atoms with van der Waals surface area (Å²) in [6.07, 6.45) is 4.64. The fourth-order valence-electron chi connectivity index (χ4n) is 8.32. The summed E-state index contributed by atoms with van der Waals surface area (Å²) in [5.41, 5.74) is 0.776. The molecule has 6 rings (SSSR count). The van der Waals surface area contributed by atoms with Crippen molar-refractivity contribution in [2.24, 2.45) is 11.8 Å². The van der Waals surface area contributed by atoms with E-state index in [1.807, 2.05) is 13.0 Å². The summed E-state index contributed by atoms with van der Waals surface area (Å²) in [5, 5.41) is 9.04. The van der Waals surface area contributed by atoms with Crippen LogP contribution in [0.2, 0.25) is 0 Å². The third-order valence-electron chi connectivity index (χ3n) is 11.8. The number of Topliss-reactive ketones (excluding diaryl/α,β-unsaturated/α-hetero) is 1. The molecule has 1 saturated carbocycles. The average molecular weight is 883 g/mol. The van der Waals surface area contributed by atoms with Crippen LogP contribution in [0, 0.1) is 23.5 Å². The average Bonchev–Trinajstić information content (AvgIpc) is 3.97. The molecule has 2 aliphatic heterocycles. The Morgan fingerprint density at radius 2 is 1.60 bits per heavy atom. The second-order valence-corrected chi connectivity index (χ2v) is 17.0. The Balaban J connectivity index is 0.971. The van der Waals surface area contributed by atoms with Gasteiger partial charge in [-0.05, 0) is 62.1 Å². The van der Waals surface area contributed by atoms with Crippen LogP contribution in [0.3, 0.4) is 0 Å². The van der Waals surface area contributed by atoms with Gasteiger partial charge in [-0.15, -0.1) is 17.9 Å². The third kappa shape index (κ3) is 10.4. The molecular formula is C45H52F2N2O12S. The molecule has 1 N–H and O–H groups in total. The Kier molecular flexibility index (Phi) is 15.2. The van der Waals surface area contributed by atoms with Crippen molar-refractivity contribution in [3.05, 3.63) is 58.5 Å². The van der Waals surface area contributed by atoms with Crippen LogP contribution in [0.15, 0.2) is 30.9 Å². The molecule has 2 fully saturated rings. The Bertz CT molecular complexity index is 2220. The number of esters is 1. The van der Waals surface area contributed by atoms with Gasteiger partial charge >= 0.3 is 11.9 Å². The van der Waals surface area contributed by atoms with E-state index < -0.39 is 29.5 Å². The lowest BCUT2D eigenvalue weighted by Crippen LogP contribution is -2.44. The number of imide groups is 1. The van der Waals surface area contributed by atoms with Crippen molar-refractivity contribution in [2.45, 2.75) is 109 Å². The van der Waals surface area contributed by atoms with Crippen molar-refractivity contribution in [3.8, 4) is 23.0 Å². The van der Waals surface area contributed by atoms with Crippen molar-refractivity contribution in [2.75, 3.05) is 27.4 Å². The van der Waals surface area contributed by atoms with Gasteiger partial charge in [0.25, 0.3) is 0 Å². The van der Waals surface area contributed by atoms with Crippen molar-refractivity contribution in [3.63, 3.8) is 0 Å². The Morgan fingerprint density at radius 3 is 2.26 bits per heavy atom. The number of amides is 3. The van der Waals surface area contributed by atoms with E-state index >= 15 is 8.78 Å². The summed E-state index contributed by atoms with van der Waals surface area (Å²) in [6, 6.07) is 4.33. The number of carbonyl (C=O) groups excluding carboxylic acids is 5. The van der Waals surface area contributed by atoms with Crippen molar-refractivity contribution < 1.29 is 66.3 Å². The SMILES string of the molecule is C=CCCC(C)C1CC(=O)N(C2CCC(OC(=O)CCC(=O)c3cc4c(F)c(OCCCOc5c(OC)cc6c(c5F)CN(C(=O)CCC(=O)O)C6)c(OC)cc4s3)CC2)C1=O. The van der Waals surface area contributed by atoms with Crippen LogP contribution in [0.25, 0.3) is 10.1 Å². The summed E-state index contributed by atoms with van der Waals surface area (Å²) in [5.74, 6) is -4.47. The topological polar surface area (TPSA) is 175 Å². The molecule has 3 heterocycles. The first kappa shape index (κ1) is 45.9. The van der Waals surface area contributed by atoms with E-state index in [9.17, 15) is 28.8 Å². The van der Waals surface area contributed by atoms with Gasteiger partial charge in [-0.2, -0.15) is 0 Å². The van der Waals surface area contributed by atoms with E-state index in [4.69, 9.17) is 28.8 Å². The zero-order chi connectivity index (χ0) is 44.7. The first-order valence-corrected chi connectivity index (χ1v) is 21.7. The Morgan fingerprint density at radius 1 is 0.919 bits per heavy atom.